The van der Waals surface area contributed by atoms with Crippen LogP contribution in [-0.2, 0) is 10.0 Å². The van der Waals surface area contributed by atoms with Crippen LogP contribution in [0.2, 0.25) is 0 Å². The minimum absolute atomic E-state index is 0.0136. The molecule has 0 unspecified atom stereocenters. The molecule has 0 aliphatic carbocycles. The van der Waals surface area contributed by atoms with Crippen molar-refractivity contribution in [1.29, 1.82) is 0 Å². The number of hydrogen-bond donors (Lipinski definition) is 2. The van der Waals surface area contributed by atoms with Crippen molar-refractivity contribution in [3.63, 3.8) is 0 Å². The smallest absolute Gasteiger partial charge is 0.345 e. The zero-order valence-electron chi connectivity index (χ0n) is 9.85. The van der Waals surface area contributed by atoms with E-state index in [1.807, 2.05) is 20.8 Å². The lowest BCUT2D eigenvalue weighted by Gasteiger charge is -2.18. The third-order valence-corrected chi connectivity index (χ3v) is 4.59. The monoisotopic (exact) mass is 277 g/mol. The number of carboxylic acids is 1. The van der Waals surface area contributed by atoms with Gasteiger partial charge >= 0.3 is 5.97 Å². The van der Waals surface area contributed by atoms with Crippen LogP contribution in [0.5, 0.6) is 0 Å². The van der Waals surface area contributed by atoms with Gasteiger partial charge in [0.1, 0.15) is 9.88 Å². The number of nitrogens with one attached hydrogen (secondary N) is 1. The highest BCUT2D eigenvalue weighted by molar-refractivity contribution is 7.92. The van der Waals surface area contributed by atoms with Gasteiger partial charge in [-0.25, -0.2) is 13.2 Å². The summed E-state index contributed by atoms with van der Waals surface area (Å²) >= 11 is 0.904. The molecular weight excluding hydrogens is 262 g/mol. The first kappa shape index (κ1) is 14.0. The van der Waals surface area contributed by atoms with Crippen molar-refractivity contribution in [1.82, 2.24) is 0 Å². The maximum absolute atomic E-state index is 11.7. The second kappa shape index (κ2) is 4.66. The molecule has 0 aliphatic heterocycles. The van der Waals surface area contributed by atoms with Gasteiger partial charge < -0.3 is 5.11 Å². The largest absolute Gasteiger partial charge is 0.477 e. The van der Waals surface area contributed by atoms with Crippen molar-refractivity contribution in [3.8, 4) is 0 Å². The molecule has 0 bridgehead atoms. The van der Waals surface area contributed by atoms with Gasteiger partial charge in [-0.15, -0.1) is 11.3 Å². The third-order valence-electron chi connectivity index (χ3n) is 1.70. The molecule has 0 fully saturated rings. The van der Waals surface area contributed by atoms with Gasteiger partial charge in [0.25, 0.3) is 0 Å². The van der Waals surface area contributed by atoms with Crippen molar-refractivity contribution in [2.75, 3.05) is 10.5 Å². The van der Waals surface area contributed by atoms with E-state index in [-0.39, 0.29) is 16.0 Å². The summed E-state index contributed by atoms with van der Waals surface area (Å²) in [6, 6.07) is 2.83. The Hall–Kier alpha value is -1.08. The molecule has 0 atom stereocenters. The summed E-state index contributed by atoms with van der Waals surface area (Å²) in [5, 5.41) is 9.04. The zero-order valence-corrected chi connectivity index (χ0v) is 11.5. The number of carbonyl (C=O) groups is 1. The maximum Gasteiger partial charge on any atom is 0.345 e. The fraction of sp³-hybridized carbons (Fsp3) is 0.500. The Balaban J connectivity index is 2.80. The van der Waals surface area contributed by atoms with E-state index in [0.717, 1.165) is 11.3 Å². The van der Waals surface area contributed by atoms with Crippen LogP contribution in [0.3, 0.4) is 0 Å². The van der Waals surface area contributed by atoms with E-state index >= 15 is 0 Å². The number of rotatable bonds is 4. The van der Waals surface area contributed by atoms with Crippen molar-refractivity contribution in [2.24, 2.45) is 5.41 Å². The summed E-state index contributed by atoms with van der Waals surface area (Å²) in [4.78, 5) is 10.8. The highest BCUT2D eigenvalue weighted by Gasteiger charge is 2.22. The molecule has 5 nitrogen and oxygen atoms in total. The highest BCUT2D eigenvalue weighted by atomic mass is 32.2. The first-order valence-electron chi connectivity index (χ1n) is 4.93. The van der Waals surface area contributed by atoms with Crippen molar-refractivity contribution in [2.45, 2.75) is 20.8 Å². The molecule has 17 heavy (non-hydrogen) atoms. The quantitative estimate of drug-likeness (QED) is 0.884. The molecule has 1 heterocycles. The van der Waals surface area contributed by atoms with E-state index < -0.39 is 16.0 Å². The van der Waals surface area contributed by atoms with Crippen molar-refractivity contribution >= 4 is 32.3 Å². The maximum atomic E-state index is 11.7. The standard InChI is InChI=1S/C10H15NO4S2/c1-10(2,3)6-17(14,15)11-8-5-4-7(16-8)9(12)13/h4-5,11H,6H2,1-3H3,(H,12,13). The molecule has 1 aromatic rings. The molecule has 2 N–H and O–H groups in total. The molecule has 1 aromatic heterocycles. The van der Waals surface area contributed by atoms with Gasteiger partial charge in [-0.1, -0.05) is 20.8 Å². The number of carboxylic acid groups (broad SMARTS) is 1. The molecular formula is C10H15NO4S2. The lowest BCUT2D eigenvalue weighted by atomic mass is 10.0. The lowest BCUT2D eigenvalue weighted by molar-refractivity contribution is 0.0702. The molecule has 0 saturated heterocycles. The van der Waals surface area contributed by atoms with Gasteiger partial charge in [-0.3, -0.25) is 4.72 Å². The second-order valence-electron chi connectivity index (χ2n) is 4.89. The molecule has 0 amide bonds. The van der Waals surface area contributed by atoms with Crippen molar-refractivity contribution in [3.05, 3.63) is 17.0 Å². The summed E-state index contributed by atoms with van der Waals surface area (Å²) in [5.74, 6) is -1.07. The average Bonchev–Trinajstić information content (AvgIpc) is 2.46. The minimum Gasteiger partial charge on any atom is -0.477 e. The van der Waals surface area contributed by atoms with Gasteiger partial charge in [0, 0.05) is 0 Å². The number of anilines is 1. The Labute approximate surface area is 105 Å². The summed E-state index contributed by atoms with van der Waals surface area (Å²) in [5.41, 5.74) is -0.348. The summed E-state index contributed by atoms with van der Waals surface area (Å²) < 4.78 is 25.9. The lowest BCUT2D eigenvalue weighted by Crippen LogP contribution is -2.25. The van der Waals surface area contributed by atoms with Crippen LogP contribution in [-0.4, -0.2) is 25.2 Å². The predicted molar refractivity (Wildman–Crippen MR) is 68.1 cm³/mol. The first-order valence-corrected chi connectivity index (χ1v) is 7.40. The molecule has 0 radical (unpaired) electrons. The normalized spacial score (nSPS) is 12.4. The molecule has 96 valence electrons. The van der Waals surface area contributed by atoms with Crippen LogP contribution in [0.15, 0.2) is 12.1 Å². The minimum atomic E-state index is -3.44. The van der Waals surface area contributed by atoms with Gasteiger partial charge in [-0.2, -0.15) is 0 Å². The van der Waals surface area contributed by atoms with Crippen LogP contribution < -0.4 is 4.72 Å². The topological polar surface area (TPSA) is 83.5 Å². The van der Waals surface area contributed by atoms with E-state index in [1.165, 1.54) is 12.1 Å². The van der Waals surface area contributed by atoms with Gasteiger partial charge in [0.05, 0.1) is 5.75 Å². The van der Waals surface area contributed by atoms with Crippen LogP contribution >= 0.6 is 11.3 Å². The molecule has 7 heteroatoms. The van der Waals surface area contributed by atoms with E-state index in [1.54, 1.807) is 0 Å². The van der Waals surface area contributed by atoms with Crippen molar-refractivity contribution < 1.29 is 18.3 Å². The van der Waals surface area contributed by atoms with Crippen LogP contribution in [0.25, 0.3) is 0 Å². The van der Waals surface area contributed by atoms with Gasteiger partial charge in [0.15, 0.2) is 0 Å². The Kier molecular flexibility index (Phi) is 3.83. The van der Waals surface area contributed by atoms with Crippen LogP contribution in [0.1, 0.15) is 30.4 Å². The van der Waals surface area contributed by atoms with E-state index in [0.29, 0.717) is 5.00 Å². The van der Waals surface area contributed by atoms with E-state index in [4.69, 9.17) is 5.11 Å². The summed E-state index contributed by atoms with van der Waals surface area (Å²) in [7, 11) is -3.44. The summed E-state index contributed by atoms with van der Waals surface area (Å²) in [6.07, 6.45) is 0. The van der Waals surface area contributed by atoms with Crippen LogP contribution in [0, 0.1) is 5.41 Å². The Morgan fingerprint density at radius 1 is 1.41 bits per heavy atom. The molecule has 0 saturated carbocycles. The van der Waals surface area contributed by atoms with Gasteiger partial charge in [-0.05, 0) is 17.5 Å². The molecule has 0 spiro atoms. The highest BCUT2D eigenvalue weighted by Crippen LogP contribution is 2.24. The molecule has 0 aromatic carbocycles. The fourth-order valence-corrected chi connectivity index (χ4v) is 4.00. The molecule has 1 rings (SSSR count). The molecule has 0 aliphatic rings. The zero-order chi connectivity index (χ0) is 13.3. The number of thiophene rings is 1. The number of aromatic carboxylic acids is 1. The second-order valence-corrected chi connectivity index (χ2v) is 7.70. The third kappa shape index (κ3) is 4.74. The Morgan fingerprint density at radius 2 is 2.00 bits per heavy atom. The first-order chi connectivity index (χ1) is 7.59. The van der Waals surface area contributed by atoms with Crippen LogP contribution in [0.4, 0.5) is 5.00 Å². The average molecular weight is 277 g/mol. The van der Waals surface area contributed by atoms with E-state index in [2.05, 4.69) is 4.72 Å². The number of sulfonamides is 1. The van der Waals surface area contributed by atoms with E-state index in [9.17, 15) is 13.2 Å². The Morgan fingerprint density at radius 3 is 2.41 bits per heavy atom. The predicted octanol–water partition coefficient (Wildman–Crippen LogP) is 2.23. The fourth-order valence-electron chi connectivity index (χ4n) is 1.27. The van der Waals surface area contributed by atoms with Gasteiger partial charge in [0.2, 0.25) is 10.0 Å². The Bertz CT molecular complexity index is 511. The SMILES string of the molecule is CC(C)(C)CS(=O)(=O)Nc1ccc(C(=O)O)s1. The summed E-state index contributed by atoms with van der Waals surface area (Å²) in [6.45, 7) is 5.47. The number of hydrogen-bond acceptors (Lipinski definition) is 4.